The van der Waals surface area contributed by atoms with Gasteiger partial charge in [0.1, 0.15) is 11.7 Å². The van der Waals surface area contributed by atoms with E-state index in [-0.39, 0.29) is 11.7 Å². The van der Waals surface area contributed by atoms with Crippen LogP contribution in [-0.4, -0.2) is 33.0 Å². The number of hydrogen-bond donors (Lipinski definition) is 0. The summed E-state index contributed by atoms with van der Waals surface area (Å²) >= 11 is 1.35. The smallest absolute Gasteiger partial charge is 0.329 e. The van der Waals surface area contributed by atoms with E-state index in [2.05, 4.69) is 15.0 Å². The molecule has 3 rings (SSSR count). The summed E-state index contributed by atoms with van der Waals surface area (Å²) in [6.07, 6.45) is 4.82. The van der Waals surface area contributed by atoms with Crippen molar-refractivity contribution in [2.75, 3.05) is 6.61 Å². The molecule has 7 nitrogen and oxygen atoms in total. The van der Waals surface area contributed by atoms with E-state index >= 15 is 0 Å². The van der Waals surface area contributed by atoms with Crippen LogP contribution in [0, 0.1) is 0 Å². The van der Waals surface area contributed by atoms with Crippen molar-refractivity contribution >= 4 is 33.4 Å². The van der Waals surface area contributed by atoms with Gasteiger partial charge in [-0.25, -0.2) is 9.78 Å². The van der Waals surface area contributed by atoms with Gasteiger partial charge in [0, 0.05) is 12.4 Å². The number of rotatable bonds is 5. The van der Waals surface area contributed by atoms with Gasteiger partial charge in [0.2, 0.25) is 0 Å². The Hall–Kier alpha value is -2.87. The standard InChI is InChI=1S/C18H18N4O3S/c1-3-13(17(24)25-4-2)22-14-7-5-6-8-15(14)26-18(22)21-16(23)12-11-19-9-10-20-12/h5-11,13H,3-4H2,1-2H3/b21-18+. The molecular weight excluding hydrogens is 352 g/mol. The van der Waals surface area contributed by atoms with Crippen molar-refractivity contribution in [1.29, 1.82) is 0 Å². The van der Waals surface area contributed by atoms with E-state index < -0.39 is 11.9 Å². The number of carbonyl (C=O) groups is 2. The largest absolute Gasteiger partial charge is 0.464 e. The van der Waals surface area contributed by atoms with E-state index in [1.807, 2.05) is 31.2 Å². The lowest BCUT2D eigenvalue weighted by Gasteiger charge is -2.16. The van der Waals surface area contributed by atoms with Gasteiger partial charge < -0.3 is 9.30 Å². The highest BCUT2D eigenvalue weighted by Gasteiger charge is 2.23. The monoisotopic (exact) mass is 370 g/mol. The number of aromatic nitrogens is 3. The molecule has 8 heteroatoms. The van der Waals surface area contributed by atoms with Crippen molar-refractivity contribution in [3.8, 4) is 0 Å². The molecule has 3 aromatic rings. The van der Waals surface area contributed by atoms with Crippen LogP contribution in [0.25, 0.3) is 10.2 Å². The minimum Gasteiger partial charge on any atom is -0.464 e. The Balaban J connectivity index is 2.17. The molecule has 26 heavy (non-hydrogen) atoms. The van der Waals surface area contributed by atoms with Crippen LogP contribution in [0.15, 0.2) is 47.8 Å². The summed E-state index contributed by atoms with van der Waals surface area (Å²) in [5.74, 6) is -0.843. The SMILES string of the molecule is CCOC(=O)C(CC)n1/c(=N\C(=O)c2cnccn2)sc2ccccc21. The first-order chi connectivity index (χ1) is 12.7. The lowest BCUT2D eigenvalue weighted by atomic mass is 10.2. The Bertz CT molecular complexity index is 994. The molecule has 0 spiro atoms. The maximum atomic E-state index is 12.5. The third kappa shape index (κ3) is 3.55. The van der Waals surface area contributed by atoms with Gasteiger partial charge in [-0.1, -0.05) is 30.4 Å². The lowest BCUT2D eigenvalue weighted by molar-refractivity contribution is -0.147. The molecule has 0 fully saturated rings. The molecule has 2 heterocycles. The van der Waals surface area contributed by atoms with Crippen molar-refractivity contribution in [2.24, 2.45) is 4.99 Å². The highest BCUT2D eigenvalue weighted by molar-refractivity contribution is 7.16. The summed E-state index contributed by atoms with van der Waals surface area (Å²) in [7, 11) is 0. The predicted octanol–water partition coefficient (Wildman–Crippen LogP) is 2.75. The average Bonchev–Trinajstić information content (AvgIpc) is 3.01. The Morgan fingerprint density at radius 3 is 2.77 bits per heavy atom. The first-order valence-corrected chi connectivity index (χ1v) is 9.09. The number of benzene rings is 1. The number of nitrogens with zero attached hydrogens (tertiary/aromatic N) is 4. The van der Waals surface area contributed by atoms with Crippen molar-refractivity contribution < 1.29 is 14.3 Å². The highest BCUT2D eigenvalue weighted by Crippen LogP contribution is 2.23. The first-order valence-electron chi connectivity index (χ1n) is 8.27. The van der Waals surface area contributed by atoms with Crippen LogP contribution in [0.1, 0.15) is 36.8 Å². The summed E-state index contributed by atoms with van der Waals surface area (Å²) in [4.78, 5) is 37.4. The minimum absolute atomic E-state index is 0.153. The van der Waals surface area contributed by atoms with Gasteiger partial charge in [-0.2, -0.15) is 4.99 Å². The number of ether oxygens (including phenoxy) is 1. The number of para-hydroxylation sites is 1. The van der Waals surface area contributed by atoms with Gasteiger partial charge in [-0.3, -0.25) is 9.78 Å². The summed E-state index contributed by atoms with van der Waals surface area (Å²) < 4.78 is 7.91. The van der Waals surface area contributed by atoms with Crippen molar-refractivity contribution in [3.63, 3.8) is 0 Å². The Morgan fingerprint density at radius 1 is 1.27 bits per heavy atom. The highest BCUT2D eigenvalue weighted by atomic mass is 32.1. The average molecular weight is 370 g/mol. The summed E-state index contributed by atoms with van der Waals surface area (Å²) in [6.45, 7) is 3.96. The van der Waals surface area contributed by atoms with Crippen molar-refractivity contribution in [1.82, 2.24) is 14.5 Å². The van der Waals surface area contributed by atoms with Gasteiger partial charge >= 0.3 is 5.97 Å². The molecule has 0 N–H and O–H groups in total. The van der Waals surface area contributed by atoms with Gasteiger partial charge in [-0.15, -0.1) is 0 Å². The van der Waals surface area contributed by atoms with Crippen LogP contribution in [0.5, 0.6) is 0 Å². The van der Waals surface area contributed by atoms with E-state index in [4.69, 9.17) is 4.74 Å². The van der Waals surface area contributed by atoms with E-state index in [0.29, 0.717) is 17.8 Å². The molecule has 134 valence electrons. The third-order valence-corrected chi connectivity index (χ3v) is 4.80. The van der Waals surface area contributed by atoms with E-state index in [1.165, 1.54) is 29.9 Å². The summed E-state index contributed by atoms with van der Waals surface area (Å²) in [5, 5.41) is 0. The van der Waals surface area contributed by atoms with Gasteiger partial charge in [0.15, 0.2) is 4.80 Å². The molecule has 0 saturated heterocycles. The number of thiazole rings is 1. The number of carbonyl (C=O) groups excluding carboxylic acids is 2. The minimum atomic E-state index is -0.556. The zero-order valence-corrected chi connectivity index (χ0v) is 15.3. The van der Waals surface area contributed by atoms with E-state index in [1.54, 1.807) is 11.5 Å². The third-order valence-electron chi connectivity index (χ3n) is 3.77. The molecule has 0 aliphatic carbocycles. The quantitative estimate of drug-likeness (QED) is 0.645. The maximum absolute atomic E-state index is 12.5. The van der Waals surface area contributed by atoms with Crippen LogP contribution < -0.4 is 4.80 Å². The molecule has 1 atom stereocenters. The molecule has 1 unspecified atom stereocenters. The second kappa shape index (κ2) is 8.01. The maximum Gasteiger partial charge on any atom is 0.329 e. The van der Waals surface area contributed by atoms with Crippen molar-refractivity contribution in [3.05, 3.63) is 53.4 Å². The fraction of sp³-hybridized carbons (Fsp3) is 0.278. The number of hydrogen-bond acceptors (Lipinski definition) is 6. The van der Waals surface area contributed by atoms with Crippen molar-refractivity contribution in [2.45, 2.75) is 26.3 Å². The van der Waals surface area contributed by atoms with E-state index in [0.717, 1.165) is 10.2 Å². The molecule has 0 radical (unpaired) electrons. The Labute approximate surface area is 154 Å². The summed E-state index contributed by atoms with van der Waals surface area (Å²) in [5.41, 5.74) is 0.990. The number of fused-ring (bicyclic) bond motifs is 1. The molecule has 0 aliphatic heterocycles. The van der Waals surface area contributed by atoms with Crippen LogP contribution in [-0.2, 0) is 9.53 Å². The van der Waals surface area contributed by atoms with Crippen LogP contribution in [0.3, 0.4) is 0 Å². The van der Waals surface area contributed by atoms with Gasteiger partial charge in [-0.05, 0) is 25.5 Å². The van der Waals surface area contributed by atoms with Crippen LogP contribution >= 0.6 is 11.3 Å². The molecule has 2 aromatic heterocycles. The van der Waals surface area contributed by atoms with Crippen LogP contribution in [0.4, 0.5) is 0 Å². The zero-order chi connectivity index (χ0) is 18.5. The lowest BCUT2D eigenvalue weighted by Crippen LogP contribution is -2.29. The number of amides is 1. The van der Waals surface area contributed by atoms with E-state index in [9.17, 15) is 9.59 Å². The number of esters is 1. The fourth-order valence-electron chi connectivity index (χ4n) is 2.62. The second-order valence-corrected chi connectivity index (χ2v) is 6.42. The Kier molecular flexibility index (Phi) is 5.52. The molecular formula is C18H18N4O3S. The van der Waals surface area contributed by atoms with Gasteiger partial charge in [0.25, 0.3) is 5.91 Å². The Morgan fingerprint density at radius 2 is 2.08 bits per heavy atom. The fourth-order valence-corrected chi connectivity index (χ4v) is 3.68. The topological polar surface area (TPSA) is 86.4 Å². The normalized spacial score (nSPS) is 12.9. The molecule has 0 aliphatic rings. The summed E-state index contributed by atoms with van der Waals surface area (Å²) in [6, 6.07) is 7.07. The van der Waals surface area contributed by atoms with Crippen LogP contribution in [0.2, 0.25) is 0 Å². The molecule has 0 bridgehead atoms. The second-order valence-electron chi connectivity index (χ2n) is 5.41. The molecule has 0 saturated carbocycles. The zero-order valence-electron chi connectivity index (χ0n) is 14.5. The molecule has 1 aromatic carbocycles. The predicted molar refractivity (Wildman–Crippen MR) is 97.7 cm³/mol. The first kappa shape index (κ1) is 17.9. The van der Waals surface area contributed by atoms with Gasteiger partial charge in [0.05, 0.1) is 23.0 Å². The molecule has 1 amide bonds.